The van der Waals surface area contributed by atoms with Crippen LogP contribution in [0.2, 0.25) is 0 Å². The molecule has 8 nitrogen and oxygen atoms in total. The molecule has 3 aromatic rings. The quantitative estimate of drug-likeness (QED) is 0.580. The fourth-order valence-corrected chi connectivity index (χ4v) is 4.62. The van der Waals surface area contributed by atoms with Crippen LogP contribution in [0.4, 0.5) is 11.8 Å². The molecule has 2 saturated heterocycles. The molecule has 1 aromatic carbocycles. The number of nitrogens with zero attached hydrogens (tertiary/aromatic N) is 6. The molecule has 0 bridgehead atoms. The summed E-state index contributed by atoms with van der Waals surface area (Å²) in [5, 5.41) is 0. The van der Waals surface area contributed by atoms with Crippen LogP contribution in [0.3, 0.4) is 0 Å². The summed E-state index contributed by atoms with van der Waals surface area (Å²) in [5.74, 6) is 2.40. The summed E-state index contributed by atoms with van der Waals surface area (Å²) in [6.45, 7) is 8.68. The molecule has 2 fully saturated rings. The van der Waals surface area contributed by atoms with E-state index >= 15 is 0 Å². The first kappa shape index (κ1) is 19.7. The van der Waals surface area contributed by atoms with Crippen LogP contribution in [0.5, 0.6) is 0 Å². The summed E-state index contributed by atoms with van der Waals surface area (Å²) in [6.07, 6.45) is 1.96. The standard InChI is InChI=1S/C21H25BrN6O2/c1-14-15(2)30-12-9-27(14)19-18(22)20(25-21(24-19)26-7-10-29-11-8-26)28-13-23-16-5-3-4-6-17(16)28/h3-6,13-15H,7-12H2,1-2H3/t14-,15-/m1/s1. The highest BCUT2D eigenvalue weighted by molar-refractivity contribution is 9.10. The van der Waals surface area contributed by atoms with E-state index in [0.29, 0.717) is 19.8 Å². The Kier molecular flexibility index (Phi) is 5.34. The molecule has 0 amide bonds. The number of imidazole rings is 1. The SMILES string of the molecule is C[C@@H]1[C@@H](C)OCCN1c1nc(N2CCOCC2)nc(-n2cnc3ccccc32)c1Br. The van der Waals surface area contributed by atoms with E-state index < -0.39 is 0 Å². The van der Waals surface area contributed by atoms with Crippen molar-refractivity contribution >= 4 is 38.7 Å². The maximum Gasteiger partial charge on any atom is 0.229 e. The second-order valence-corrected chi connectivity index (χ2v) is 8.49. The highest BCUT2D eigenvalue weighted by atomic mass is 79.9. The summed E-state index contributed by atoms with van der Waals surface area (Å²) in [5.41, 5.74) is 1.95. The number of halogens is 1. The minimum absolute atomic E-state index is 0.130. The number of benzene rings is 1. The summed E-state index contributed by atoms with van der Waals surface area (Å²) in [6, 6.07) is 8.29. The lowest BCUT2D eigenvalue weighted by Gasteiger charge is -2.39. The molecule has 0 saturated carbocycles. The van der Waals surface area contributed by atoms with Gasteiger partial charge in [-0.05, 0) is 41.9 Å². The molecule has 4 heterocycles. The van der Waals surface area contributed by atoms with Crippen LogP contribution in [0, 0.1) is 0 Å². The Balaban J connectivity index is 1.67. The monoisotopic (exact) mass is 472 g/mol. The van der Waals surface area contributed by atoms with Crippen molar-refractivity contribution in [2.45, 2.75) is 26.0 Å². The Morgan fingerprint density at radius 3 is 2.60 bits per heavy atom. The zero-order valence-electron chi connectivity index (χ0n) is 17.2. The van der Waals surface area contributed by atoms with Crippen molar-refractivity contribution in [2.75, 3.05) is 49.3 Å². The Labute approximate surface area is 184 Å². The van der Waals surface area contributed by atoms with E-state index in [1.807, 2.05) is 29.1 Å². The van der Waals surface area contributed by atoms with E-state index in [1.54, 1.807) is 0 Å². The summed E-state index contributed by atoms with van der Waals surface area (Å²) in [4.78, 5) is 19.0. The predicted octanol–water partition coefficient (Wildman–Crippen LogP) is 3.03. The lowest BCUT2D eigenvalue weighted by Crippen LogP contribution is -2.49. The van der Waals surface area contributed by atoms with Crippen LogP contribution >= 0.6 is 15.9 Å². The number of hydrogen-bond acceptors (Lipinski definition) is 7. The number of fused-ring (bicyclic) bond motifs is 1. The molecule has 2 atom stereocenters. The van der Waals surface area contributed by atoms with Crippen molar-refractivity contribution < 1.29 is 9.47 Å². The van der Waals surface area contributed by atoms with Gasteiger partial charge in [0.1, 0.15) is 10.8 Å². The number of morpholine rings is 2. The van der Waals surface area contributed by atoms with Crippen molar-refractivity contribution in [3.8, 4) is 5.82 Å². The predicted molar refractivity (Wildman–Crippen MR) is 120 cm³/mol. The van der Waals surface area contributed by atoms with Crippen molar-refractivity contribution in [1.29, 1.82) is 0 Å². The van der Waals surface area contributed by atoms with Crippen molar-refractivity contribution in [3.63, 3.8) is 0 Å². The first-order valence-electron chi connectivity index (χ1n) is 10.3. The molecule has 0 unspecified atom stereocenters. The number of para-hydroxylation sites is 2. The third-order valence-corrected chi connectivity index (χ3v) is 6.65. The molecule has 30 heavy (non-hydrogen) atoms. The third kappa shape index (κ3) is 3.44. The van der Waals surface area contributed by atoms with Crippen LogP contribution in [-0.2, 0) is 9.47 Å². The molecule has 5 rings (SSSR count). The topological polar surface area (TPSA) is 68.5 Å². The minimum Gasteiger partial charge on any atom is -0.378 e. The summed E-state index contributed by atoms with van der Waals surface area (Å²) >= 11 is 3.83. The first-order valence-corrected chi connectivity index (χ1v) is 11.1. The van der Waals surface area contributed by atoms with Crippen molar-refractivity contribution in [3.05, 3.63) is 35.1 Å². The lowest BCUT2D eigenvalue weighted by atomic mass is 10.1. The fraction of sp³-hybridized carbons (Fsp3) is 0.476. The van der Waals surface area contributed by atoms with Crippen molar-refractivity contribution in [2.24, 2.45) is 0 Å². The van der Waals surface area contributed by atoms with Gasteiger partial charge in [-0.1, -0.05) is 12.1 Å². The van der Waals surface area contributed by atoms with Gasteiger partial charge in [0.15, 0.2) is 11.6 Å². The Morgan fingerprint density at radius 1 is 1.00 bits per heavy atom. The molecular formula is C21H25BrN6O2. The molecule has 0 radical (unpaired) electrons. The zero-order chi connectivity index (χ0) is 20.7. The number of rotatable bonds is 3. The molecule has 158 valence electrons. The maximum absolute atomic E-state index is 5.85. The fourth-order valence-electron chi connectivity index (χ4n) is 4.03. The summed E-state index contributed by atoms with van der Waals surface area (Å²) in [7, 11) is 0. The molecular weight excluding hydrogens is 448 g/mol. The number of ether oxygens (including phenoxy) is 2. The Hall–Kier alpha value is -2.23. The molecule has 0 N–H and O–H groups in total. The van der Waals surface area contributed by atoms with Gasteiger partial charge in [0, 0.05) is 19.6 Å². The normalized spacial score (nSPS) is 22.6. The Morgan fingerprint density at radius 2 is 1.77 bits per heavy atom. The number of aromatic nitrogens is 4. The molecule has 0 aliphatic carbocycles. The molecule has 2 aliphatic heterocycles. The van der Waals surface area contributed by atoms with Gasteiger partial charge in [-0.2, -0.15) is 9.97 Å². The minimum atomic E-state index is 0.130. The van der Waals surface area contributed by atoms with E-state index in [-0.39, 0.29) is 12.1 Å². The summed E-state index contributed by atoms with van der Waals surface area (Å²) < 4.78 is 14.3. The van der Waals surface area contributed by atoms with E-state index in [0.717, 1.165) is 52.7 Å². The average molecular weight is 473 g/mol. The van der Waals surface area contributed by atoms with E-state index in [2.05, 4.69) is 50.6 Å². The Bertz CT molecular complexity index is 1050. The van der Waals surface area contributed by atoms with Gasteiger partial charge >= 0.3 is 0 Å². The van der Waals surface area contributed by atoms with Crippen molar-refractivity contribution in [1.82, 2.24) is 19.5 Å². The van der Waals surface area contributed by atoms with Crippen LogP contribution in [-0.4, -0.2) is 71.1 Å². The van der Waals surface area contributed by atoms with Crippen LogP contribution in [0.15, 0.2) is 35.1 Å². The molecule has 0 spiro atoms. The first-order chi connectivity index (χ1) is 14.6. The lowest BCUT2D eigenvalue weighted by molar-refractivity contribution is 0.0280. The second-order valence-electron chi connectivity index (χ2n) is 7.70. The highest BCUT2D eigenvalue weighted by Gasteiger charge is 2.31. The number of anilines is 2. The van der Waals surface area contributed by atoms with Gasteiger partial charge in [0.2, 0.25) is 5.95 Å². The van der Waals surface area contributed by atoms with Gasteiger partial charge in [-0.3, -0.25) is 4.57 Å². The van der Waals surface area contributed by atoms with Crippen LogP contribution in [0.1, 0.15) is 13.8 Å². The van der Waals surface area contributed by atoms with E-state index in [4.69, 9.17) is 19.4 Å². The maximum atomic E-state index is 5.85. The van der Waals surface area contributed by atoms with Gasteiger partial charge in [-0.15, -0.1) is 0 Å². The average Bonchev–Trinajstić information content (AvgIpc) is 3.21. The molecule has 9 heteroatoms. The number of hydrogen-bond donors (Lipinski definition) is 0. The van der Waals surface area contributed by atoms with Gasteiger partial charge in [0.25, 0.3) is 0 Å². The van der Waals surface area contributed by atoms with E-state index in [9.17, 15) is 0 Å². The van der Waals surface area contributed by atoms with Crippen LogP contribution in [0.25, 0.3) is 16.9 Å². The molecule has 2 aliphatic rings. The molecule has 2 aromatic heterocycles. The second kappa shape index (κ2) is 8.13. The van der Waals surface area contributed by atoms with Gasteiger partial charge in [-0.25, -0.2) is 4.98 Å². The zero-order valence-corrected chi connectivity index (χ0v) is 18.7. The van der Waals surface area contributed by atoms with Gasteiger partial charge < -0.3 is 19.3 Å². The third-order valence-electron chi connectivity index (χ3n) is 5.94. The smallest absolute Gasteiger partial charge is 0.229 e. The largest absolute Gasteiger partial charge is 0.378 e. The van der Waals surface area contributed by atoms with Crippen LogP contribution < -0.4 is 9.80 Å². The highest BCUT2D eigenvalue weighted by Crippen LogP contribution is 2.35. The van der Waals surface area contributed by atoms with E-state index in [1.165, 1.54) is 0 Å². The van der Waals surface area contributed by atoms with Gasteiger partial charge in [0.05, 0.1) is 43.0 Å².